The maximum Gasteiger partial charge on any atom is 0.308 e. The summed E-state index contributed by atoms with van der Waals surface area (Å²) in [5.74, 6) is 0.317. The molecule has 1 aromatic carbocycles. The highest BCUT2D eigenvalue weighted by Crippen LogP contribution is 2.31. The van der Waals surface area contributed by atoms with E-state index in [1.807, 2.05) is 37.3 Å². The number of hydrogen-bond acceptors (Lipinski definition) is 4. The van der Waals surface area contributed by atoms with E-state index >= 15 is 0 Å². The average Bonchev–Trinajstić information content (AvgIpc) is 2.94. The van der Waals surface area contributed by atoms with E-state index in [1.165, 1.54) is 13.5 Å². The van der Waals surface area contributed by atoms with Crippen LogP contribution in [0.4, 0.5) is 0 Å². The summed E-state index contributed by atoms with van der Waals surface area (Å²) in [7, 11) is 1.45. The lowest BCUT2D eigenvalue weighted by Gasteiger charge is -2.22. The largest absolute Gasteiger partial charge is 0.469 e. The zero-order chi connectivity index (χ0) is 15.1. The van der Waals surface area contributed by atoms with Gasteiger partial charge in [-0.15, -0.1) is 0 Å². The second-order valence-electron chi connectivity index (χ2n) is 5.85. The van der Waals surface area contributed by atoms with E-state index in [4.69, 9.17) is 9.57 Å². The molecule has 1 aliphatic rings. The molecule has 3 unspecified atom stereocenters. The number of benzene rings is 1. The number of methoxy groups -OCH3 is 1. The molecule has 1 aromatic rings. The minimum absolute atomic E-state index is 0.0449. The summed E-state index contributed by atoms with van der Waals surface area (Å²) in [5, 5.41) is 0. The Morgan fingerprint density at radius 1 is 1.33 bits per heavy atom. The number of carbonyl (C=O) groups is 1. The Morgan fingerprint density at radius 2 is 2.10 bits per heavy atom. The Bertz CT molecular complexity index is 435. The van der Waals surface area contributed by atoms with Gasteiger partial charge in [0.15, 0.2) is 0 Å². The second kappa shape index (κ2) is 8.15. The Morgan fingerprint density at radius 3 is 2.81 bits per heavy atom. The first-order chi connectivity index (χ1) is 10.2. The molecule has 0 heterocycles. The van der Waals surface area contributed by atoms with Crippen molar-refractivity contribution in [3.05, 3.63) is 35.9 Å². The smallest absolute Gasteiger partial charge is 0.308 e. The number of nitrogens with one attached hydrogen (secondary N) is 1. The van der Waals surface area contributed by atoms with Crippen LogP contribution in [0.5, 0.6) is 0 Å². The molecule has 0 amide bonds. The van der Waals surface area contributed by atoms with Gasteiger partial charge in [0.1, 0.15) is 0 Å². The Balaban J connectivity index is 1.75. The molecule has 2 rings (SSSR count). The van der Waals surface area contributed by atoms with Crippen LogP contribution >= 0.6 is 0 Å². The molecular formula is C17H25NO3. The highest BCUT2D eigenvalue weighted by Gasteiger charge is 2.30. The van der Waals surface area contributed by atoms with Gasteiger partial charge in [0.05, 0.1) is 19.6 Å². The number of rotatable bonds is 7. The van der Waals surface area contributed by atoms with Gasteiger partial charge in [-0.25, -0.2) is 0 Å². The van der Waals surface area contributed by atoms with Gasteiger partial charge in [-0.3, -0.25) is 9.63 Å². The first kappa shape index (κ1) is 16.0. The van der Waals surface area contributed by atoms with Crippen molar-refractivity contribution < 1.29 is 14.4 Å². The summed E-state index contributed by atoms with van der Waals surface area (Å²) < 4.78 is 4.81. The lowest BCUT2D eigenvalue weighted by Crippen LogP contribution is -2.34. The van der Waals surface area contributed by atoms with Crippen molar-refractivity contribution in [1.82, 2.24) is 5.48 Å². The highest BCUT2D eigenvalue weighted by atomic mass is 16.6. The molecule has 1 saturated carbocycles. The van der Waals surface area contributed by atoms with Crippen LogP contribution in [0, 0.1) is 11.8 Å². The van der Waals surface area contributed by atoms with E-state index in [1.54, 1.807) is 0 Å². The second-order valence-corrected chi connectivity index (χ2v) is 5.85. The van der Waals surface area contributed by atoms with Crippen LogP contribution in [0.3, 0.4) is 0 Å². The van der Waals surface area contributed by atoms with Gasteiger partial charge in [0.2, 0.25) is 0 Å². The zero-order valence-electron chi connectivity index (χ0n) is 12.9. The SMILES string of the molecule is COC(=O)C(C)CC1CCCC1NOCc1ccccc1. The summed E-state index contributed by atoms with van der Waals surface area (Å²) in [6.07, 6.45) is 4.30. The molecule has 116 valence electrons. The van der Waals surface area contributed by atoms with Crippen LogP contribution in [-0.4, -0.2) is 19.1 Å². The number of hydrogen-bond donors (Lipinski definition) is 1. The van der Waals surface area contributed by atoms with Crippen LogP contribution in [0.1, 0.15) is 38.2 Å². The van der Waals surface area contributed by atoms with E-state index in [-0.39, 0.29) is 11.9 Å². The Kier molecular flexibility index (Phi) is 6.21. The molecule has 4 heteroatoms. The van der Waals surface area contributed by atoms with E-state index in [0.29, 0.717) is 18.6 Å². The molecule has 0 aromatic heterocycles. The van der Waals surface area contributed by atoms with Crippen molar-refractivity contribution in [2.45, 2.75) is 45.3 Å². The summed E-state index contributed by atoms with van der Waals surface area (Å²) in [4.78, 5) is 17.2. The van der Waals surface area contributed by atoms with Crippen LogP contribution in [0.25, 0.3) is 0 Å². The number of carbonyl (C=O) groups excluding carboxylic acids is 1. The first-order valence-corrected chi connectivity index (χ1v) is 7.69. The third-order valence-electron chi connectivity index (χ3n) is 4.24. The molecule has 0 radical (unpaired) electrons. The first-order valence-electron chi connectivity index (χ1n) is 7.69. The van der Waals surface area contributed by atoms with Gasteiger partial charge in [0, 0.05) is 6.04 Å². The summed E-state index contributed by atoms with van der Waals surface area (Å²) in [5.41, 5.74) is 4.35. The fourth-order valence-corrected chi connectivity index (χ4v) is 3.03. The molecular weight excluding hydrogens is 266 g/mol. The van der Waals surface area contributed by atoms with Gasteiger partial charge in [0.25, 0.3) is 0 Å². The quantitative estimate of drug-likeness (QED) is 0.619. The molecule has 4 nitrogen and oxygen atoms in total. The monoisotopic (exact) mass is 291 g/mol. The molecule has 0 bridgehead atoms. The molecule has 1 N–H and O–H groups in total. The predicted molar refractivity (Wildman–Crippen MR) is 81.3 cm³/mol. The van der Waals surface area contributed by atoms with Crippen molar-refractivity contribution in [3.8, 4) is 0 Å². The molecule has 1 aliphatic carbocycles. The van der Waals surface area contributed by atoms with Crippen molar-refractivity contribution >= 4 is 5.97 Å². The van der Waals surface area contributed by atoms with Gasteiger partial charge in [-0.1, -0.05) is 43.7 Å². The third kappa shape index (κ3) is 4.83. The minimum atomic E-state index is -0.120. The highest BCUT2D eigenvalue weighted by molar-refractivity contribution is 5.71. The summed E-state index contributed by atoms with van der Waals surface area (Å²) >= 11 is 0. The maximum atomic E-state index is 11.5. The van der Waals surface area contributed by atoms with Crippen LogP contribution < -0.4 is 5.48 Å². The van der Waals surface area contributed by atoms with Gasteiger partial charge in [-0.2, -0.15) is 5.48 Å². The van der Waals surface area contributed by atoms with Crippen molar-refractivity contribution in [3.63, 3.8) is 0 Å². The number of ether oxygens (including phenoxy) is 1. The topological polar surface area (TPSA) is 47.6 Å². The molecule has 0 saturated heterocycles. The summed E-state index contributed by atoms with van der Waals surface area (Å²) in [6.45, 7) is 2.50. The van der Waals surface area contributed by atoms with Crippen molar-refractivity contribution in [2.75, 3.05) is 7.11 Å². The maximum absolute atomic E-state index is 11.5. The van der Waals surface area contributed by atoms with E-state index in [2.05, 4.69) is 5.48 Å². The van der Waals surface area contributed by atoms with Crippen LogP contribution in [0.2, 0.25) is 0 Å². The fourth-order valence-electron chi connectivity index (χ4n) is 3.03. The van der Waals surface area contributed by atoms with Crippen LogP contribution in [-0.2, 0) is 21.0 Å². The van der Waals surface area contributed by atoms with Crippen molar-refractivity contribution in [2.24, 2.45) is 11.8 Å². The van der Waals surface area contributed by atoms with Gasteiger partial charge >= 0.3 is 5.97 Å². The van der Waals surface area contributed by atoms with E-state index in [9.17, 15) is 4.79 Å². The molecule has 3 atom stereocenters. The van der Waals surface area contributed by atoms with Gasteiger partial charge < -0.3 is 4.74 Å². The van der Waals surface area contributed by atoms with Crippen molar-refractivity contribution in [1.29, 1.82) is 0 Å². The fraction of sp³-hybridized carbons (Fsp3) is 0.588. The summed E-state index contributed by atoms with van der Waals surface area (Å²) in [6, 6.07) is 10.4. The lowest BCUT2D eigenvalue weighted by atomic mass is 9.92. The van der Waals surface area contributed by atoms with Gasteiger partial charge in [-0.05, 0) is 30.7 Å². The standard InChI is InChI=1S/C17H25NO3/c1-13(17(19)20-2)11-15-9-6-10-16(15)18-21-12-14-7-4-3-5-8-14/h3-5,7-8,13,15-16,18H,6,9-12H2,1-2H3. The zero-order valence-corrected chi connectivity index (χ0v) is 12.9. The number of hydroxylamine groups is 1. The normalized spacial score (nSPS) is 23.0. The molecule has 1 fully saturated rings. The predicted octanol–water partition coefficient (Wildman–Crippen LogP) is 3.08. The van der Waals surface area contributed by atoms with E-state index < -0.39 is 0 Å². The molecule has 0 spiro atoms. The molecule has 21 heavy (non-hydrogen) atoms. The Hall–Kier alpha value is -1.39. The molecule has 0 aliphatic heterocycles. The lowest BCUT2D eigenvalue weighted by molar-refractivity contribution is -0.145. The Labute approximate surface area is 126 Å². The van der Waals surface area contributed by atoms with E-state index in [0.717, 1.165) is 24.8 Å². The minimum Gasteiger partial charge on any atom is -0.469 e. The average molecular weight is 291 g/mol. The number of esters is 1. The van der Waals surface area contributed by atoms with Crippen LogP contribution in [0.15, 0.2) is 30.3 Å². The third-order valence-corrected chi connectivity index (χ3v) is 4.24.